The van der Waals surface area contributed by atoms with Gasteiger partial charge in [0, 0.05) is 12.6 Å². The Hall–Kier alpha value is -1.95. The van der Waals surface area contributed by atoms with E-state index in [1.54, 1.807) is 0 Å². The summed E-state index contributed by atoms with van der Waals surface area (Å²) >= 11 is 1.54. The fraction of sp³-hybridized carbons (Fsp3) is 0.250. The molecule has 0 aliphatic rings. The summed E-state index contributed by atoms with van der Waals surface area (Å²) in [5, 5.41) is 15.9. The van der Waals surface area contributed by atoms with Crippen LogP contribution in [0.15, 0.2) is 23.6 Å². The van der Waals surface area contributed by atoms with Gasteiger partial charge in [0.25, 0.3) is 5.69 Å². The lowest BCUT2D eigenvalue weighted by Gasteiger charge is -2.05. The number of rotatable bonds is 4. The summed E-state index contributed by atoms with van der Waals surface area (Å²) in [6.45, 7) is 4.58. The number of pyridine rings is 1. The molecule has 0 radical (unpaired) electrons. The van der Waals surface area contributed by atoms with Crippen LogP contribution in [-0.2, 0) is 0 Å². The molecule has 1 N–H and O–H groups in total. The van der Waals surface area contributed by atoms with Gasteiger partial charge < -0.3 is 5.32 Å². The van der Waals surface area contributed by atoms with E-state index in [9.17, 15) is 10.1 Å². The maximum atomic E-state index is 10.9. The predicted octanol–water partition coefficient (Wildman–Crippen LogP) is 3.46. The van der Waals surface area contributed by atoms with Crippen molar-refractivity contribution >= 4 is 22.8 Å². The fourth-order valence-electron chi connectivity index (χ4n) is 1.64. The molecule has 0 aliphatic heterocycles. The number of nitrogens with zero attached hydrogens (tertiary/aromatic N) is 2. The molecule has 0 saturated carbocycles. The first kappa shape index (κ1) is 12.5. The number of thiophene rings is 1. The maximum absolute atomic E-state index is 10.9. The molecule has 0 unspecified atom stereocenters. The van der Waals surface area contributed by atoms with Crippen molar-refractivity contribution in [3.63, 3.8) is 0 Å². The van der Waals surface area contributed by atoms with E-state index < -0.39 is 4.92 Å². The summed E-state index contributed by atoms with van der Waals surface area (Å²) in [5.74, 6) is 0.537. The van der Waals surface area contributed by atoms with Gasteiger partial charge in [0.15, 0.2) is 0 Å². The Bertz CT molecular complexity index is 580. The average molecular weight is 263 g/mol. The number of nitro groups is 1. The van der Waals surface area contributed by atoms with E-state index in [4.69, 9.17) is 0 Å². The molecular weight excluding hydrogens is 250 g/mol. The van der Waals surface area contributed by atoms with Gasteiger partial charge in [-0.3, -0.25) is 10.1 Å². The summed E-state index contributed by atoms with van der Waals surface area (Å²) in [6.07, 6.45) is 0. The topological polar surface area (TPSA) is 68.1 Å². The molecular formula is C12H13N3O2S. The van der Waals surface area contributed by atoms with Gasteiger partial charge in [0.05, 0.1) is 21.6 Å². The van der Waals surface area contributed by atoms with E-state index in [2.05, 4.69) is 10.3 Å². The van der Waals surface area contributed by atoms with Crippen molar-refractivity contribution in [3.05, 3.63) is 39.3 Å². The van der Waals surface area contributed by atoms with Crippen LogP contribution in [0.25, 0.3) is 10.6 Å². The Morgan fingerprint density at radius 1 is 1.50 bits per heavy atom. The summed E-state index contributed by atoms with van der Waals surface area (Å²) in [6, 6.07) is 4.95. The SMILES string of the molecule is CCNc1cc([N+](=O)[O-])cc(-c2sccc2C)n1. The molecule has 2 heterocycles. The van der Waals surface area contributed by atoms with Crippen molar-refractivity contribution in [1.82, 2.24) is 4.98 Å². The molecule has 5 nitrogen and oxygen atoms in total. The van der Waals surface area contributed by atoms with Crippen LogP contribution in [0, 0.1) is 17.0 Å². The lowest BCUT2D eigenvalue weighted by molar-refractivity contribution is -0.384. The normalized spacial score (nSPS) is 10.3. The molecule has 94 valence electrons. The molecule has 0 spiro atoms. The van der Waals surface area contributed by atoms with Gasteiger partial charge in [-0.15, -0.1) is 11.3 Å². The van der Waals surface area contributed by atoms with Gasteiger partial charge in [-0.25, -0.2) is 4.98 Å². The van der Waals surface area contributed by atoms with Gasteiger partial charge in [-0.1, -0.05) is 0 Å². The minimum absolute atomic E-state index is 0.0590. The van der Waals surface area contributed by atoms with Gasteiger partial charge in [0.2, 0.25) is 0 Å². The number of nitrogens with one attached hydrogen (secondary N) is 1. The van der Waals surface area contributed by atoms with Crippen molar-refractivity contribution in [2.45, 2.75) is 13.8 Å². The van der Waals surface area contributed by atoms with Crippen LogP contribution in [0.3, 0.4) is 0 Å². The maximum Gasteiger partial charge on any atom is 0.275 e. The first-order valence-corrected chi connectivity index (χ1v) is 6.44. The Kier molecular flexibility index (Phi) is 3.57. The van der Waals surface area contributed by atoms with Crippen LogP contribution in [0.4, 0.5) is 11.5 Å². The number of hydrogen-bond donors (Lipinski definition) is 1. The highest BCUT2D eigenvalue weighted by atomic mass is 32.1. The molecule has 2 aromatic rings. The highest BCUT2D eigenvalue weighted by Gasteiger charge is 2.14. The zero-order valence-electron chi connectivity index (χ0n) is 10.1. The van der Waals surface area contributed by atoms with Crippen molar-refractivity contribution < 1.29 is 4.92 Å². The third kappa shape index (κ3) is 2.48. The molecule has 2 rings (SSSR count). The van der Waals surface area contributed by atoms with E-state index in [1.807, 2.05) is 25.3 Å². The molecule has 18 heavy (non-hydrogen) atoms. The molecule has 6 heteroatoms. The Balaban J connectivity index is 2.53. The minimum atomic E-state index is -0.394. The van der Waals surface area contributed by atoms with Crippen molar-refractivity contribution in [2.24, 2.45) is 0 Å². The predicted molar refractivity (Wildman–Crippen MR) is 73.1 cm³/mol. The molecule has 0 saturated heterocycles. The highest BCUT2D eigenvalue weighted by molar-refractivity contribution is 7.13. The number of hydrogen-bond acceptors (Lipinski definition) is 5. The van der Waals surface area contributed by atoms with Crippen LogP contribution in [0.1, 0.15) is 12.5 Å². The lowest BCUT2D eigenvalue weighted by atomic mass is 10.2. The summed E-state index contributed by atoms with van der Waals surface area (Å²) in [4.78, 5) is 15.9. The second kappa shape index (κ2) is 5.14. The zero-order valence-corrected chi connectivity index (χ0v) is 11.0. The van der Waals surface area contributed by atoms with Crippen molar-refractivity contribution in [2.75, 3.05) is 11.9 Å². The molecule has 0 aliphatic carbocycles. The third-order valence-electron chi connectivity index (χ3n) is 2.47. The summed E-state index contributed by atoms with van der Waals surface area (Å²) in [7, 11) is 0. The molecule has 0 atom stereocenters. The van der Waals surface area contributed by atoms with Gasteiger partial charge in [-0.2, -0.15) is 0 Å². The number of anilines is 1. The van der Waals surface area contributed by atoms with Gasteiger partial charge in [-0.05, 0) is 30.9 Å². The largest absolute Gasteiger partial charge is 0.370 e. The monoisotopic (exact) mass is 263 g/mol. The van der Waals surface area contributed by atoms with Crippen LogP contribution < -0.4 is 5.32 Å². The van der Waals surface area contributed by atoms with E-state index in [0.717, 1.165) is 10.4 Å². The lowest BCUT2D eigenvalue weighted by Crippen LogP contribution is -2.01. The number of aryl methyl sites for hydroxylation is 1. The zero-order chi connectivity index (χ0) is 13.1. The standard InChI is InChI=1S/C12H13N3O2S/c1-3-13-11-7-9(15(16)17)6-10(14-11)12-8(2)4-5-18-12/h4-7H,3H2,1-2H3,(H,13,14). The first-order valence-electron chi connectivity index (χ1n) is 5.56. The Morgan fingerprint density at radius 3 is 2.83 bits per heavy atom. The van der Waals surface area contributed by atoms with Crippen molar-refractivity contribution in [3.8, 4) is 10.6 Å². The van der Waals surface area contributed by atoms with Gasteiger partial charge >= 0.3 is 0 Å². The second-order valence-corrected chi connectivity index (χ2v) is 4.73. The van der Waals surface area contributed by atoms with Crippen LogP contribution in [-0.4, -0.2) is 16.5 Å². The summed E-state index contributed by atoms with van der Waals surface area (Å²) in [5.41, 5.74) is 1.78. The van der Waals surface area contributed by atoms with E-state index in [-0.39, 0.29) is 5.69 Å². The fourth-order valence-corrected chi connectivity index (χ4v) is 2.53. The molecule has 0 fully saturated rings. The van der Waals surface area contributed by atoms with Crippen molar-refractivity contribution in [1.29, 1.82) is 0 Å². The quantitative estimate of drug-likeness (QED) is 0.677. The average Bonchev–Trinajstić information content (AvgIpc) is 2.75. The molecule has 0 bridgehead atoms. The van der Waals surface area contributed by atoms with Crippen LogP contribution in [0.2, 0.25) is 0 Å². The smallest absolute Gasteiger partial charge is 0.275 e. The Morgan fingerprint density at radius 2 is 2.28 bits per heavy atom. The van der Waals surface area contributed by atoms with Gasteiger partial charge in [0.1, 0.15) is 5.82 Å². The second-order valence-electron chi connectivity index (χ2n) is 3.82. The Labute approximate surface area is 109 Å². The highest BCUT2D eigenvalue weighted by Crippen LogP contribution is 2.31. The molecule has 0 amide bonds. The van der Waals surface area contributed by atoms with E-state index in [1.165, 1.54) is 23.5 Å². The van der Waals surface area contributed by atoms with E-state index in [0.29, 0.717) is 18.1 Å². The van der Waals surface area contributed by atoms with Crippen LogP contribution in [0.5, 0.6) is 0 Å². The number of aromatic nitrogens is 1. The minimum Gasteiger partial charge on any atom is -0.370 e. The first-order chi connectivity index (χ1) is 8.61. The van der Waals surface area contributed by atoms with E-state index >= 15 is 0 Å². The third-order valence-corrected chi connectivity index (χ3v) is 3.51. The van der Waals surface area contributed by atoms with Crippen LogP contribution >= 0.6 is 11.3 Å². The molecule has 2 aromatic heterocycles. The summed E-state index contributed by atoms with van der Waals surface area (Å²) < 4.78 is 0. The molecule has 0 aromatic carbocycles.